The molecule has 2 amide bonds. The number of thioether (sulfide) groups is 1. The third kappa shape index (κ3) is 3.82. The average molecular weight is 469 g/mol. The number of nitrogens with zero attached hydrogens (tertiary/aromatic N) is 2. The first-order valence-electron chi connectivity index (χ1n) is 9.99. The molecule has 0 bridgehead atoms. The van der Waals surface area contributed by atoms with Gasteiger partial charge in [-0.05, 0) is 49.4 Å². The summed E-state index contributed by atoms with van der Waals surface area (Å²) in [6, 6.07) is 14.6. The van der Waals surface area contributed by atoms with Crippen LogP contribution in [0.15, 0.2) is 53.4 Å². The Kier molecular flexibility index (Phi) is 6.13. The summed E-state index contributed by atoms with van der Waals surface area (Å²) in [5, 5.41) is 1.16. The standard InChI is InChI=1S/C24H21ClN2O4S/c1-14-18(12-21-22(28)27(24(30)32-21)15(2)23(29)31-3)17-9-5-7-11-20(17)26(14)13-16-8-4-6-10-19(16)25/h4-12,15H,13H2,1-3H3/b21-12+/t15-/m0/s1. The Morgan fingerprint density at radius 2 is 1.84 bits per heavy atom. The second kappa shape index (κ2) is 8.84. The number of carbonyl (C=O) groups is 3. The minimum absolute atomic E-state index is 0.273. The molecule has 0 spiro atoms. The van der Waals surface area contributed by atoms with Crippen LogP contribution in [-0.2, 0) is 20.9 Å². The molecular formula is C24H21ClN2O4S. The molecule has 1 atom stereocenters. The largest absolute Gasteiger partial charge is 0.467 e. The van der Waals surface area contributed by atoms with E-state index in [9.17, 15) is 14.4 Å². The fraction of sp³-hybridized carbons (Fsp3) is 0.208. The monoisotopic (exact) mass is 468 g/mol. The van der Waals surface area contributed by atoms with E-state index in [4.69, 9.17) is 16.3 Å². The number of amides is 2. The summed E-state index contributed by atoms with van der Waals surface area (Å²) in [5.41, 5.74) is 3.78. The zero-order valence-corrected chi connectivity index (χ0v) is 19.4. The van der Waals surface area contributed by atoms with E-state index in [0.717, 1.165) is 44.4 Å². The molecule has 1 fully saturated rings. The molecule has 4 rings (SSSR count). The lowest BCUT2D eigenvalue weighted by Gasteiger charge is -2.18. The van der Waals surface area contributed by atoms with E-state index in [1.807, 2.05) is 55.5 Å². The van der Waals surface area contributed by atoms with Crippen LogP contribution in [0.2, 0.25) is 5.02 Å². The van der Waals surface area contributed by atoms with Crippen molar-refractivity contribution < 1.29 is 19.1 Å². The van der Waals surface area contributed by atoms with Crippen molar-refractivity contribution in [3.8, 4) is 0 Å². The summed E-state index contributed by atoms with van der Waals surface area (Å²) >= 11 is 7.21. The molecule has 0 N–H and O–H groups in total. The summed E-state index contributed by atoms with van der Waals surface area (Å²) in [4.78, 5) is 38.5. The highest BCUT2D eigenvalue weighted by Crippen LogP contribution is 2.37. The van der Waals surface area contributed by atoms with Crippen molar-refractivity contribution in [3.05, 3.63) is 75.3 Å². The Morgan fingerprint density at radius 3 is 2.56 bits per heavy atom. The number of para-hydroxylation sites is 1. The van der Waals surface area contributed by atoms with Gasteiger partial charge in [0, 0.05) is 33.7 Å². The number of benzene rings is 2. The molecule has 0 aliphatic carbocycles. The lowest BCUT2D eigenvalue weighted by molar-refractivity contribution is -0.148. The number of imide groups is 1. The van der Waals surface area contributed by atoms with Gasteiger partial charge in [-0.25, -0.2) is 4.79 Å². The second-order valence-electron chi connectivity index (χ2n) is 7.44. The van der Waals surface area contributed by atoms with Crippen molar-refractivity contribution in [1.82, 2.24) is 9.47 Å². The van der Waals surface area contributed by atoms with Crippen LogP contribution < -0.4 is 0 Å². The molecular weight excluding hydrogens is 448 g/mol. The summed E-state index contributed by atoms with van der Waals surface area (Å²) in [5.74, 6) is -1.14. The Hall–Kier alpha value is -3.03. The molecule has 2 aromatic carbocycles. The van der Waals surface area contributed by atoms with Crippen LogP contribution in [0.5, 0.6) is 0 Å². The zero-order valence-electron chi connectivity index (χ0n) is 17.8. The number of ether oxygens (including phenoxy) is 1. The number of methoxy groups -OCH3 is 1. The molecule has 2 heterocycles. The van der Waals surface area contributed by atoms with E-state index in [1.54, 1.807) is 6.08 Å². The Morgan fingerprint density at radius 1 is 1.16 bits per heavy atom. The van der Waals surface area contributed by atoms with Gasteiger partial charge in [0.25, 0.3) is 11.1 Å². The van der Waals surface area contributed by atoms with Gasteiger partial charge in [-0.2, -0.15) is 0 Å². The van der Waals surface area contributed by atoms with Gasteiger partial charge in [-0.1, -0.05) is 48.0 Å². The topological polar surface area (TPSA) is 68.6 Å². The van der Waals surface area contributed by atoms with Crippen LogP contribution in [-0.4, -0.2) is 39.7 Å². The Labute approximate surface area is 194 Å². The van der Waals surface area contributed by atoms with Gasteiger partial charge in [0.05, 0.1) is 12.0 Å². The highest BCUT2D eigenvalue weighted by atomic mass is 35.5. The smallest absolute Gasteiger partial charge is 0.328 e. The molecule has 0 saturated carbocycles. The third-order valence-corrected chi connectivity index (χ3v) is 6.85. The minimum atomic E-state index is -0.985. The summed E-state index contributed by atoms with van der Waals surface area (Å²) in [7, 11) is 1.23. The summed E-state index contributed by atoms with van der Waals surface area (Å²) in [6.45, 7) is 4.02. The first-order chi connectivity index (χ1) is 15.3. The summed E-state index contributed by atoms with van der Waals surface area (Å²) in [6.07, 6.45) is 1.73. The first-order valence-corrected chi connectivity index (χ1v) is 11.2. The van der Waals surface area contributed by atoms with Crippen LogP contribution in [0.3, 0.4) is 0 Å². The van der Waals surface area contributed by atoms with E-state index < -0.39 is 23.2 Å². The Balaban J connectivity index is 1.77. The molecule has 1 aromatic heterocycles. The molecule has 0 radical (unpaired) electrons. The molecule has 164 valence electrons. The van der Waals surface area contributed by atoms with E-state index in [-0.39, 0.29) is 4.91 Å². The van der Waals surface area contributed by atoms with Crippen LogP contribution in [0, 0.1) is 6.92 Å². The zero-order chi connectivity index (χ0) is 23.0. The van der Waals surface area contributed by atoms with E-state index in [2.05, 4.69) is 4.57 Å². The molecule has 32 heavy (non-hydrogen) atoms. The number of halogens is 1. The van der Waals surface area contributed by atoms with Crippen molar-refractivity contribution >= 4 is 57.5 Å². The van der Waals surface area contributed by atoms with Gasteiger partial charge < -0.3 is 9.30 Å². The van der Waals surface area contributed by atoms with Gasteiger partial charge in [0.1, 0.15) is 6.04 Å². The van der Waals surface area contributed by atoms with Crippen LogP contribution in [0.1, 0.15) is 23.7 Å². The van der Waals surface area contributed by atoms with Gasteiger partial charge in [-0.15, -0.1) is 0 Å². The normalized spacial score (nSPS) is 16.2. The minimum Gasteiger partial charge on any atom is -0.467 e. The average Bonchev–Trinajstić information content (AvgIpc) is 3.22. The lowest BCUT2D eigenvalue weighted by atomic mass is 10.1. The molecule has 1 aliphatic rings. The number of hydrogen-bond acceptors (Lipinski definition) is 5. The van der Waals surface area contributed by atoms with Crippen molar-refractivity contribution in [3.63, 3.8) is 0 Å². The lowest BCUT2D eigenvalue weighted by Crippen LogP contribution is -2.42. The predicted molar refractivity (Wildman–Crippen MR) is 127 cm³/mol. The predicted octanol–water partition coefficient (Wildman–Crippen LogP) is 5.25. The maximum atomic E-state index is 13.0. The number of aromatic nitrogens is 1. The fourth-order valence-electron chi connectivity index (χ4n) is 3.86. The maximum absolute atomic E-state index is 13.0. The quantitative estimate of drug-likeness (QED) is 0.378. The van der Waals surface area contributed by atoms with Gasteiger partial charge >= 0.3 is 5.97 Å². The number of esters is 1. The number of rotatable bonds is 5. The highest BCUT2D eigenvalue weighted by molar-refractivity contribution is 8.18. The second-order valence-corrected chi connectivity index (χ2v) is 8.85. The van der Waals surface area contributed by atoms with Crippen molar-refractivity contribution in [2.75, 3.05) is 7.11 Å². The van der Waals surface area contributed by atoms with Crippen LogP contribution >= 0.6 is 23.4 Å². The van der Waals surface area contributed by atoms with Gasteiger partial charge in [0.2, 0.25) is 0 Å². The summed E-state index contributed by atoms with van der Waals surface area (Å²) < 4.78 is 6.84. The number of fused-ring (bicyclic) bond motifs is 1. The maximum Gasteiger partial charge on any atom is 0.328 e. The van der Waals surface area contributed by atoms with Crippen molar-refractivity contribution in [1.29, 1.82) is 0 Å². The van der Waals surface area contributed by atoms with E-state index >= 15 is 0 Å². The highest BCUT2D eigenvalue weighted by Gasteiger charge is 2.41. The van der Waals surface area contributed by atoms with E-state index in [0.29, 0.717) is 11.6 Å². The third-order valence-electron chi connectivity index (χ3n) is 5.59. The van der Waals surface area contributed by atoms with Crippen LogP contribution in [0.4, 0.5) is 4.79 Å². The first kappa shape index (κ1) is 22.2. The number of hydrogen-bond donors (Lipinski definition) is 0. The van der Waals surface area contributed by atoms with Gasteiger partial charge in [-0.3, -0.25) is 14.5 Å². The fourth-order valence-corrected chi connectivity index (χ4v) is 4.95. The molecule has 0 unspecified atom stereocenters. The van der Waals surface area contributed by atoms with Crippen molar-refractivity contribution in [2.45, 2.75) is 26.4 Å². The van der Waals surface area contributed by atoms with Crippen molar-refractivity contribution in [2.24, 2.45) is 0 Å². The van der Waals surface area contributed by atoms with E-state index in [1.165, 1.54) is 14.0 Å². The number of carbonyl (C=O) groups excluding carboxylic acids is 3. The SMILES string of the molecule is COC(=O)[C@H](C)N1C(=O)S/C(=C/c2c(C)n(Cc3ccccc3Cl)c3ccccc23)C1=O. The van der Waals surface area contributed by atoms with Gasteiger partial charge in [0.15, 0.2) is 0 Å². The molecule has 8 heteroatoms. The molecule has 3 aromatic rings. The molecule has 6 nitrogen and oxygen atoms in total. The molecule has 1 saturated heterocycles. The Bertz CT molecular complexity index is 1280. The van der Waals surface area contributed by atoms with Crippen LogP contribution in [0.25, 0.3) is 17.0 Å². The molecule has 1 aliphatic heterocycles.